The Balaban J connectivity index is 1.54. The molecule has 3 aromatic heterocycles. The van der Waals surface area contributed by atoms with Gasteiger partial charge in [-0.15, -0.1) is 5.10 Å². The summed E-state index contributed by atoms with van der Waals surface area (Å²) in [7, 11) is 0. The fourth-order valence-electron chi connectivity index (χ4n) is 4.02. The Labute approximate surface area is 188 Å². The predicted octanol–water partition coefficient (Wildman–Crippen LogP) is 3.28. The number of furan rings is 1. The molecule has 0 spiro atoms. The van der Waals surface area contributed by atoms with Crippen LogP contribution in [-0.4, -0.2) is 36.1 Å². The lowest BCUT2D eigenvalue weighted by Gasteiger charge is -2.19. The van der Waals surface area contributed by atoms with Crippen LogP contribution in [0.1, 0.15) is 18.2 Å². The highest BCUT2D eigenvalue weighted by Gasteiger charge is 2.21. The number of rotatable bonds is 7. The molecule has 0 saturated heterocycles. The van der Waals surface area contributed by atoms with Crippen LogP contribution in [0.5, 0.6) is 0 Å². The van der Waals surface area contributed by atoms with Crippen molar-refractivity contribution in [1.29, 1.82) is 0 Å². The van der Waals surface area contributed by atoms with Crippen molar-refractivity contribution in [2.45, 2.75) is 26.6 Å². The minimum absolute atomic E-state index is 0.202. The molecule has 2 aromatic carbocycles. The van der Waals surface area contributed by atoms with E-state index in [2.05, 4.69) is 5.10 Å². The summed E-state index contributed by atoms with van der Waals surface area (Å²) < 4.78 is 24.1. The Kier molecular flexibility index (Phi) is 5.29. The van der Waals surface area contributed by atoms with Gasteiger partial charge in [-0.05, 0) is 37.3 Å². The van der Waals surface area contributed by atoms with Crippen molar-refractivity contribution in [2.24, 2.45) is 0 Å². The zero-order valence-corrected chi connectivity index (χ0v) is 18.0. The number of amides is 1. The summed E-state index contributed by atoms with van der Waals surface area (Å²) in [6, 6.07) is 17.4. The molecule has 5 aromatic rings. The zero-order chi connectivity index (χ0) is 22.9. The molecule has 0 N–H and O–H groups in total. The van der Waals surface area contributed by atoms with Crippen molar-refractivity contribution in [1.82, 2.24) is 23.6 Å². The Hall–Kier alpha value is -4.14. The van der Waals surface area contributed by atoms with E-state index in [1.54, 1.807) is 46.1 Å². The molecule has 1 amide bonds. The quantitative estimate of drug-likeness (QED) is 0.384. The maximum absolute atomic E-state index is 14.4. The monoisotopic (exact) mass is 447 g/mol. The first-order chi connectivity index (χ1) is 16.1. The number of hydrogen-bond donors (Lipinski definition) is 0. The highest BCUT2D eigenvalue weighted by molar-refractivity contribution is 5.81. The molecule has 9 heteroatoms. The summed E-state index contributed by atoms with van der Waals surface area (Å²) in [4.78, 5) is 27.7. The summed E-state index contributed by atoms with van der Waals surface area (Å²) in [5.41, 5.74) is 1.47. The Morgan fingerprint density at radius 3 is 2.55 bits per heavy atom. The smallest absolute Gasteiger partial charge is 0.352 e. The number of imidazole rings is 1. The van der Waals surface area contributed by atoms with Gasteiger partial charge in [0.05, 0.1) is 30.4 Å². The van der Waals surface area contributed by atoms with Gasteiger partial charge in [-0.2, -0.15) is 0 Å². The average Bonchev–Trinajstić information content (AvgIpc) is 3.52. The molecule has 0 aliphatic rings. The number of aromatic nitrogens is 4. The maximum atomic E-state index is 14.4. The molecule has 0 radical (unpaired) electrons. The number of carbonyl (C=O) groups excluding carboxylic acids is 1. The van der Waals surface area contributed by atoms with E-state index in [0.29, 0.717) is 35.7 Å². The van der Waals surface area contributed by atoms with Crippen molar-refractivity contribution in [3.8, 4) is 0 Å². The Morgan fingerprint density at radius 1 is 1.06 bits per heavy atom. The lowest BCUT2D eigenvalue weighted by Crippen LogP contribution is -2.36. The molecule has 0 fully saturated rings. The van der Waals surface area contributed by atoms with Gasteiger partial charge in [-0.25, -0.2) is 18.3 Å². The summed E-state index contributed by atoms with van der Waals surface area (Å²) >= 11 is 0. The highest BCUT2D eigenvalue weighted by atomic mass is 19.1. The van der Waals surface area contributed by atoms with E-state index >= 15 is 0 Å². The van der Waals surface area contributed by atoms with Crippen LogP contribution >= 0.6 is 0 Å². The molecule has 0 bridgehead atoms. The molecule has 3 heterocycles. The molecule has 168 valence electrons. The Bertz CT molecular complexity index is 1500. The fraction of sp³-hybridized carbons (Fsp3) is 0.208. The van der Waals surface area contributed by atoms with Gasteiger partial charge in [-0.1, -0.05) is 30.3 Å². The minimum atomic E-state index is -0.420. The molecule has 0 saturated carbocycles. The molecular formula is C24H22FN5O3. The second-order valence-electron chi connectivity index (χ2n) is 7.73. The number of carbonyl (C=O) groups is 1. The van der Waals surface area contributed by atoms with E-state index in [0.717, 1.165) is 10.2 Å². The number of halogens is 1. The van der Waals surface area contributed by atoms with Crippen LogP contribution in [0.25, 0.3) is 16.8 Å². The van der Waals surface area contributed by atoms with Crippen LogP contribution < -0.4 is 5.69 Å². The normalized spacial score (nSPS) is 11.5. The van der Waals surface area contributed by atoms with Crippen LogP contribution in [0.4, 0.5) is 4.39 Å². The van der Waals surface area contributed by atoms with Crippen molar-refractivity contribution >= 4 is 22.7 Å². The largest absolute Gasteiger partial charge is 0.467 e. The number of likely N-dealkylation sites (N-methyl/N-ethyl adjacent to an activating group) is 1. The third-order valence-electron chi connectivity index (χ3n) is 5.71. The fourth-order valence-corrected chi connectivity index (χ4v) is 4.02. The van der Waals surface area contributed by atoms with Gasteiger partial charge in [0.2, 0.25) is 11.7 Å². The number of hydrogen-bond acceptors (Lipinski definition) is 4. The molecule has 0 aliphatic heterocycles. The van der Waals surface area contributed by atoms with Gasteiger partial charge in [0, 0.05) is 12.1 Å². The molecule has 0 unspecified atom stereocenters. The number of fused-ring (bicyclic) bond motifs is 3. The third-order valence-corrected chi connectivity index (χ3v) is 5.71. The molecular weight excluding hydrogens is 425 g/mol. The van der Waals surface area contributed by atoms with E-state index in [4.69, 9.17) is 4.42 Å². The van der Waals surface area contributed by atoms with E-state index < -0.39 is 5.69 Å². The van der Waals surface area contributed by atoms with E-state index in [1.165, 1.54) is 10.5 Å². The van der Waals surface area contributed by atoms with Gasteiger partial charge in [0.25, 0.3) is 0 Å². The van der Waals surface area contributed by atoms with Crippen molar-refractivity contribution in [3.63, 3.8) is 0 Å². The minimum Gasteiger partial charge on any atom is -0.467 e. The van der Waals surface area contributed by atoms with Crippen molar-refractivity contribution in [3.05, 3.63) is 94.6 Å². The first-order valence-electron chi connectivity index (χ1n) is 10.7. The van der Waals surface area contributed by atoms with Crippen molar-refractivity contribution < 1.29 is 13.6 Å². The number of para-hydroxylation sites is 2. The first-order valence-corrected chi connectivity index (χ1v) is 10.7. The average molecular weight is 447 g/mol. The van der Waals surface area contributed by atoms with E-state index in [9.17, 15) is 14.0 Å². The van der Waals surface area contributed by atoms with Gasteiger partial charge >= 0.3 is 5.69 Å². The standard InChI is InChI=1S/C24H22FN5O3/c1-2-27(15-18-9-7-13-33-18)22(31)16-29-24(32)30-21-12-6-5-11-20(21)28(23(30)26-29)14-17-8-3-4-10-19(17)25/h3-13H,2,14-16H2,1H3. The summed E-state index contributed by atoms with van der Waals surface area (Å²) in [6.07, 6.45) is 1.56. The molecule has 33 heavy (non-hydrogen) atoms. The molecule has 0 aliphatic carbocycles. The van der Waals surface area contributed by atoms with Crippen LogP contribution in [0, 0.1) is 5.82 Å². The van der Waals surface area contributed by atoms with E-state index in [1.807, 2.05) is 31.2 Å². The SMILES string of the molecule is CCN(Cc1ccco1)C(=O)Cn1nc2n(Cc3ccccc3F)c3ccccc3n2c1=O. The van der Waals surface area contributed by atoms with E-state index in [-0.39, 0.29) is 24.8 Å². The molecule has 5 rings (SSSR count). The first kappa shape index (κ1) is 20.7. The van der Waals surface area contributed by atoms with Crippen LogP contribution in [0.2, 0.25) is 0 Å². The summed E-state index contributed by atoms with van der Waals surface area (Å²) in [6.45, 7) is 2.64. The van der Waals surface area contributed by atoms with Gasteiger partial charge in [-0.3, -0.25) is 4.79 Å². The van der Waals surface area contributed by atoms with Gasteiger partial charge in [0.15, 0.2) is 0 Å². The predicted molar refractivity (Wildman–Crippen MR) is 120 cm³/mol. The third kappa shape index (κ3) is 3.71. The highest BCUT2D eigenvalue weighted by Crippen LogP contribution is 2.21. The maximum Gasteiger partial charge on any atom is 0.352 e. The molecule has 0 atom stereocenters. The van der Waals surface area contributed by atoms with Crippen LogP contribution in [-0.2, 0) is 24.4 Å². The second-order valence-corrected chi connectivity index (χ2v) is 7.73. The van der Waals surface area contributed by atoms with Crippen LogP contribution in [0.3, 0.4) is 0 Å². The summed E-state index contributed by atoms with van der Waals surface area (Å²) in [5, 5.41) is 4.47. The topological polar surface area (TPSA) is 77.7 Å². The number of benzene rings is 2. The Morgan fingerprint density at radius 2 is 1.82 bits per heavy atom. The van der Waals surface area contributed by atoms with Gasteiger partial charge < -0.3 is 13.9 Å². The van der Waals surface area contributed by atoms with Gasteiger partial charge in [0.1, 0.15) is 18.1 Å². The zero-order valence-electron chi connectivity index (χ0n) is 18.0. The number of nitrogens with zero attached hydrogens (tertiary/aromatic N) is 5. The molecule has 8 nitrogen and oxygen atoms in total. The summed E-state index contributed by atoms with van der Waals surface area (Å²) in [5.74, 6) is 0.435. The van der Waals surface area contributed by atoms with Crippen LogP contribution in [0.15, 0.2) is 76.1 Å². The van der Waals surface area contributed by atoms with Crippen molar-refractivity contribution in [2.75, 3.05) is 6.54 Å². The lowest BCUT2D eigenvalue weighted by atomic mass is 10.2. The lowest BCUT2D eigenvalue weighted by molar-refractivity contribution is -0.132. The second kappa shape index (κ2) is 8.42.